The van der Waals surface area contributed by atoms with Crippen molar-refractivity contribution in [1.29, 1.82) is 0 Å². The molecule has 2 rings (SSSR count). The molecule has 1 aliphatic rings. The quantitative estimate of drug-likeness (QED) is 0.760. The number of hydrogen-bond donors (Lipinski definition) is 0. The zero-order chi connectivity index (χ0) is 10.8. The van der Waals surface area contributed by atoms with Gasteiger partial charge in [0.25, 0.3) is 0 Å². The molecule has 0 unspecified atom stereocenters. The number of nitrogens with zero attached hydrogens (tertiary/aromatic N) is 1. The fraction of sp³-hybridized carbons (Fsp3) is 0.636. The average molecular weight is 309 g/mol. The minimum Gasteiger partial charge on any atom is -0.301 e. The molecule has 0 aliphatic heterocycles. The highest BCUT2D eigenvalue weighted by Gasteiger charge is 2.27. The Hall–Kier alpha value is 0.430. The monoisotopic (exact) mass is 307 g/mol. The average Bonchev–Trinajstić information content (AvgIpc) is 2.48. The van der Waals surface area contributed by atoms with E-state index in [4.69, 9.17) is 11.6 Å². The van der Waals surface area contributed by atoms with Crippen molar-refractivity contribution in [3.05, 3.63) is 21.3 Å². The van der Waals surface area contributed by atoms with Crippen LogP contribution < -0.4 is 0 Å². The van der Waals surface area contributed by atoms with E-state index in [9.17, 15) is 0 Å². The molecule has 0 atom stereocenters. The Morgan fingerprint density at radius 1 is 1.53 bits per heavy atom. The third-order valence-corrected chi connectivity index (χ3v) is 4.77. The molecule has 1 aromatic heterocycles. The minimum atomic E-state index is 0.770. The fourth-order valence-corrected chi connectivity index (χ4v) is 4.24. The van der Waals surface area contributed by atoms with E-state index in [1.165, 1.54) is 24.3 Å². The molecule has 1 heterocycles. The van der Waals surface area contributed by atoms with Crippen LogP contribution in [-0.2, 0) is 6.54 Å². The number of halogens is 2. The van der Waals surface area contributed by atoms with E-state index in [1.807, 2.05) is 6.07 Å². The minimum absolute atomic E-state index is 0.770. The molecule has 1 saturated carbocycles. The van der Waals surface area contributed by atoms with Crippen LogP contribution in [0.3, 0.4) is 0 Å². The second kappa shape index (κ2) is 5.17. The number of thiophene rings is 1. The van der Waals surface area contributed by atoms with Crippen LogP contribution in [0.1, 0.15) is 17.7 Å². The Bertz CT molecular complexity index is 322. The van der Waals surface area contributed by atoms with Crippen LogP contribution in [0.4, 0.5) is 0 Å². The lowest BCUT2D eigenvalue weighted by Crippen LogP contribution is -2.34. The summed E-state index contributed by atoms with van der Waals surface area (Å²) in [4.78, 5) is 4.52. The summed E-state index contributed by atoms with van der Waals surface area (Å²) in [6.07, 6.45) is 2.66. The highest BCUT2D eigenvalue weighted by atomic mass is 79.9. The van der Waals surface area contributed by atoms with Gasteiger partial charge in [0, 0.05) is 22.8 Å². The lowest BCUT2D eigenvalue weighted by Gasteiger charge is -2.34. The first kappa shape index (κ1) is 11.9. The second-order valence-corrected chi connectivity index (χ2v) is 7.43. The predicted molar refractivity (Wildman–Crippen MR) is 71.1 cm³/mol. The molecule has 15 heavy (non-hydrogen) atoms. The second-order valence-electron chi connectivity index (χ2n) is 4.34. The summed E-state index contributed by atoms with van der Waals surface area (Å²) >= 11 is 11.2. The first-order valence-corrected chi connectivity index (χ1v) is 7.31. The van der Waals surface area contributed by atoms with Crippen molar-refractivity contribution < 1.29 is 0 Å². The molecular formula is C11H15BrClNS. The van der Waals surface area contributed by atoms with Gasteiger partial charge in [0.05, 0.1) is 4.34 Å². The summed E-state index contributed by atoms with van der Waals surface area (Å²) in [5, 5.41) is 0. The van der Waals surface area contributed by atoms with Crippen molar-refractivity contribution in [1.82, 2.24) is 4.90 Å². The Kier molecular flexibility index (Phi) is 4.10. The number of alkyl halides is 1. The van der Waals surface area contributed by atoms with E-state index in [0.29, 0.717) is 0 Å². The predicted octanol–water partition coefficient (Wildman–Crippen LogP) is 4.01. The lowest BCUT2D eigenvalue weighted by atomic mass is 9.85. The van der Waals surface area contributed by atoms with Gasteiger partial charge in [-0.1, -0.05) is 27.5 Å². The maximum Gasteiger partial charge on any atom is 0.0931 e. The molecule has 0 amide bonds. The maximum absolute atomic E-state index is 5.90. The Morgan fingerprint density at radius 3 is 2.80 bits per heavy atom. The van der Waals surface area contributed by atoms with Crippen LogP contribution in [0.5, 0.6) is 0 Å². The van der Waals surface area contributed by atoms with Crippen LogP contribution in [0, 0.1) is 5.92 Å². The Balaban J connectivity index is 1.75. The van der Waals surface area contributed by atoms with Crippen molar-refractivity contribution in [3.63, 3.8) is 0 Å². The van der Waals surface area contributed by atoms with Gasteiger partial charge < -0.3 is 4.90 Å². The topological polar surface area (TPSA) is 3.24 Å². The van der Waals surface area contributed by atoms with Crippen LogP contribution >= 0.6 is 38.9 Å². The standard InChI is InChI=1S/C11H15BrClNS/c1-14(6-8-4-9(12)5-8)7-10-2-3-11(13)15-10/h2-3,8-9H,4-7H2,1H3. The van der Waals surface area contributed by atoms with E-state index >= 15 is 0 Å². The molecule has 84 valence electrons. The number of rotatable bonds is 4. The van der Waals surface area contributed by atoms with Gasteiger partial charge in [-0.25, -0.2) is 0 Å². The highest BCUT2D eigenvalue weighted by Crippen LogP contribution is 2.34. The fourth-order valence-electron chi connectivity index (χ4n) is 2.01. The normalized spacial score (nSPS) is 25.6. The largest absolute Gasteiger partial charge is 0.301 e. The van der Waals surface area contributed by atoms with Gasteiger partial charge in [-0.15, -0.1) is 11.3 Å². The molecule has 0 N–H and O–H groups in total. The Labute approximate surface area is 109 Å². The molecule has 0 spiro atoms. The first-order valence-electron chi connectivity index (χ1n) is 5.20. The van der Waals surface area contributed by atoms with Crippen LogP contribution in [-0.4, -0.2) is 23.3 Å². The summed E-state index contributed by atoms with van der Waals surface area (Å²) in [6.45, 7) is 2.23. The van der Waals surface area contributed by atoms with Crippen molar-refractivity contribution in [3.8, 4) is 0 Å². The zero-order valence-electron chi connectivity index (χ0n) is 8.75. The summed E-state index contributed by atoms with van der Waals surface area (Å²) in [7, 11) is 2.19. The van der Waals surface area contributed by atoms with Crippen molar-refractivity contribution in [2.24, 2.45) is 5.92 Å². The highest BCUT2D eigenvalue weighted by molar-refractivity contribution is 9.09. The van der Waals surface area contributed by atoms with E-state index in [-0.39, 0.29) is 0 Å². The molecule has 1 aliphatic carbocycles. The van der Waals surface area contributed by atoms with Gasteiger partial charge in [-0.3, -0.25) is 0 Å². The molecule has 0 radical (unpaired) electrons. The summed E-state index contributed by atoms with van der Waals surface area (Å²) in [5.41, 5.74) is 0. The molecule has 0 bridgehead atoms. The summed E-state index contributed by atoms with van der Waals surface area (Å²) < 4.78 is 0.891. The van der Waals surface area contributed by atoms with Gasteiger partial charge in [0.2, 0.25) is 0 Å². The van der Waals surface area contributed by atoms with Crippen LogP contribution in [0.15, 0.2) is 12.1 Å². The molecular weight excluding hydrogens is 294 g/mol. The molecule has 1 aromatic rings. The van der Waals surface area contributed by atoms with E-state index < -0.39 is 0 Å². The lowest BCUT2D eigenvalue weighted by molar-refractivity contribution is 0.209. The zero-order valence-corrected chi connectivity index (χ0v) is 11.9. The molecule has 0 saturated heterocycles. The van der Waals surface area contributed by atoms with Gasteiger partial charge in [-0.05, 0) is 37.9 Å². The van der Waals surface area contributed by atoms with Crippen LogP contribution in [0.25, 0.3) is 0 Å². The first-order chi connectivity index (χ1) is 7.13. The van der Waals surface area contributed by atoms with E-state index in [2.05, 4.69) is 33.9 Å². The molecule has 4 heteroatoms. The number of hydrogen-bond acceptors (Lipinski definition) is 2. The van der Waals surface area contributed by atoms with Gasteiger partial charge in [0.1, 0.15) is 0 Å². The third-order valence-electron chi connectivity index (χ3n) is 2.80. The SMILES string of the molecule is CN(Cc1ccc(Cl)s1)CC1CC(Br)C1. The van der Waals surface area contributed by atoms with Crippen LogP contribution in [0.2, 0.25) is 4.34 Å². The summed E-state index contributed by atoms with van der Waals surface area (Å²) in [6, 6.07) is 4.10. The third kappa shape index (κ3) is 3.45. The molecule has 1 nitrogen and oxygen atoms in total. The van der Waals surface area contributed by atoms with Gasteiger partial charge in [-0.2, -0.15) is 0 Å². The van der Waals surface area contributed by atoms with Gasteiger partial charge >= 0.3 is 0 Å². The molecule has 0 aromatic carbocycles. The van der Waals surface area contributed by atoms with Gasteiger partial charge in [0.15, 0.2) is 0 Å². The smallest absolute Gasteiger partial charge is 0.0931 e. The Morgan fingerprint density at radius 2 is 2.27 bits per heavy atom. The maximum atomic E-state index is 5.90. The van der Waals surface area contributed by atoms with E-state index in [1.54, 1.807) is 11.3 Å². The molecule has 1 fully saturated rings. The van der Waals surface area contributed by atoms with Crippen molar-refractivity contribution in [2.75, 3.05) is 13.6 Å². The van der Waals surface area contributed by atoms with E-state index in [0.717, 1.165) is 21.6 Å². The van der Waals surface area contributed by atoms with Crippen molar-refractivity contribution >= 4 is 38.9 Å². The summed E-state index contributed by atoms with van der Waals surface area (Å²) in [5.74, 6) is 0.884. The van der Waals surface area contributed by atoms with Crippen molar-refractivity contribution in [2.45, 2.75) is 24.2 Å².